The number of unbranched alkanes of at least 4 members (excludes halogenated alkanes) is 24. The average molecular weight is 610 g/mol. The van der Waals surface area contributed by atoms with Gasteiger partial charge in [-0.2, -0.15) is 0 Å². The van der Waals surface area contributed by atoms with Gasteiger partial charge in [-0.25, -0.2) is 0 Å². The van der Waals surface area contributed by atoms with Crippen molar-refractivity contribution in [3.8, 4) is 0 Å². The molecule has 0 spiro atoms. The van der Waals surface area contributed by atoms with Crippen molar-refractivity contribution in [2.75, 3.05) is 6.61 Å². The predicted octanol–water partition coefficient (Wildman–Crippen LogP) is 10.1. The van der Waals surface area contributed by atoms with Crippen LogP contribution in [-0.4, -0.2) is 46.1 Å². The standard InChI is InChI=1S/C38H75NO4/c1-3-5-7-9-11-13-15-17-18-19-21-22-24-26-28-30-32-36(41)38(43)35(34-40)39-37(42)33-31-29-27-25-23-20-16-14-12-10-8-6-4-2/h24,26,35-36,38,40-41,43H,3-23,25,27-34H2,1-2H3,(H,39,42)/b26-24+. The van der Waals surface area contributed by atoms with E-state index < -0.39 is 18.2 Å². The summed E-state index contributed by atoms with van der Waals surface area (Å²) >= 11 is 0. The van der Waals surface area contributed by atoms with Crippen LogP contribution in [0, 0.1) is 0 Å². The van der Waals surface area contributed by atoms with E-state index in [-0.39, 0.29) is 12.5 Å². The van der Waals surface area contributed by atoms with E-state index in [9.17, 15) is 20.1 Å². The quantitative estimate of drug-likeness (QED) is 0.0432. The molecule has 0 aliphatic carbocycles. The molecule has 1 amide bonds. The highest BCUT2D eigenvalue weighted by Crippen LogP contribution is 2.15. The number of nitrogens with one attached hydrogen (secondary N) is 1. The molecule has 0 fully saturated rings. The molecule has 0 saturated carbocycles. The lowest BCUT2D eigenvalue weighted by Crippen LogP contribution is -2.50. The number of rotatable bonds is 34. The van der Waals surface area contributed by atoms with Gasteiger partial charge < -0.3 is 20.6 Å². The zero-order chi connectivity index (χ0) is 31.6. The largest absolute Gasteiger partial charge is 0.394 e. The van der Waals surface area contributed by atoms with E-state index in [1.54, 1.807) is 0 Å². The Bertz CT molecular complexity index is 596. The zero-order valence-electron chi connectivity index (χ0n) is 28.8. The highest BCUT2D eigenvalue weighted by Gasteiger charge is 2.26. The normalized spacial score (nSPS) is 13.9. The highest BCUT2D eigenvalue weighted by molar-refractivity contribution is 5.76. The summed E-state index contributed by atoms with van der Waals surface area (Å²) in [4.78, 5) is 12.3. The molecular formula is C38H75NO4. The van der Waals surface area contributed by atoms with Crippen molar-refractivity contribution >= 4 is 5.91 Å². The maximum Gasteiger partial charge on any atom is 0.220 e. The number of amides is 1. The second-order valence-electron chi connectivity index (χ2n) is 13.1. The topological polar surface area (TPSA) is 89.8 Å². The van der Waals surface area contributed by atoms with E-state index in [4.69, 9.17) is 0 Å². The van der Waals surface area contributed by atoms with Gasteiger partial charge in [0.1, 0.15) is 6.10 Å². The molecule has 0 aromatic rings. The van der Waals surface area contributed by atoms with Gasteiger partial charge in [0.25, 0.3) is 0 Å². The van der Waals surface area contributed by atoms with Crippen LogP contribution in [0.25, 0.3) is 0 Å². The van der Waals surface area contributed by atoms with Crippen molar-refractivity contribution in [2.45, 2.75) is 218 Å². The molecule has 0 radical (unpaired) electrons. The summed E-state index contributed by atoms with van der Waals surface area (Å²) in [5, 5.41) is 33.3. The first kappa shape index (κ1) is 42.1. The minimum absolute atomic E-state index is 0.154. The van der Waals surface area contributed by atoms with E-state index in [1.165, 1.54) is 135 Å². The third-order valence-electron chi connectivity index (χ3n) is 8.87. The summed E-state index contributed by atoms with van der Waals surface area (Å²) in [6.07, 6.45) is 37.3. The molecule has 0 bridgehead atoms. The summed E-state index contributed by atoms with van der Waals surface area (Å²) in [5.41, 5.74) is 0. The van der Waals surface area contributed by atoms with Crippen LogP contribution in [-0.2, 0) is 4.79 Å². The molecule has 0 heterocycles. The summed E-state index contributed by atoms with van der Waals surface area (Å²) < 4.78 is 0. The number of hydrogen-bond donors (Lipinski definition) is 4. The first-order chi connectivity index (χ1) is 21.1. The van der Waals surface area contributed by atoms with Gasteiger partial charge >= 0.3 is 0 Å². The third-order valence-corrected chi connectivity index (χ3v) is 8.87. The van der Waals surface area contributed by atoms with E-state index in [0.717, 1.165) is 38.5 Å². The average Bonchev–Trinajstić information content (AvgIpc) is 3.01. The Morgan fingerprint density at radius 2 is 0.930 bits per heavy atom. The van der Waals surface area contributed by atoms with Crippen LogP contribution in [0.1, 0.15) is 200 Å². The van der Waals surface area contributed by atoms with Gasteiger partial charge in [-0.3, -0.25) is 4.79 Å². The monoisotopic (exact) mass is 610 g/mol. The molecule has 0 aliphatic rings. The maximum absolute atomic E-state index is 12.3. The third kappa shape index (κ3) is 29.6. The van der Waals surface area contributed by atoms with Crippen LogP contribution < -0.4 is 5.32 Å². The molecule has 43 heavy (non-hydrogen) atoms. The van der Waals surface area contributed by atoms with Crippen molar-refractivity contribution in [2.24, 2.45) is 0 Å². The van der Waals surface area contributed by atoms with Crippen LogP contribution >= 0.6 is 0 Å². The Hall–Kier alpha value is -0.910. The van der Waals surface area contributed by atoms with Crippen LogP contribution in [0.4, 0.5) is 0 Å². The van der Waals surface area contributed by atoms with Crippen LogP contribution in [0.15, 0.2) is 12.2 Å². The van der Waals surface area contributed by atoms with Gasteiger partial charge in [-0.15, -0.1) is 0 Å². The van der Waals surface area contributed by atoms with Gasteiger partial charge in [0.05, 0.1) is 18.8 Å². The fourth-order valence-electron chi connectivity index (χ4n) is 5.87. The molecule has 0 saturated heterocycles. The number of aliphatic hydroxyl groups excluding tert-OH is 3. The number of aliphatic hydroxyl groups is 3. The Labute approximate surface area is 268 Å². The minimum atomic E-state index is -1.15. The van der Waals surface area contributed by atoms with E-state index in [2.05, 4.69) is 31.3 Å². The number of hydrogen-bond acceptors (Lipinski definition) is 4. The van der Waals surface area contributed by atoms with Crippen LogP contribution in [0.5, 0.6) is 0 Å². The first-order valence-corrected chi connectivity index (χ1v) is 19.0. The Morgan fingerprint density at radius 3 is 1.35 bits per heavy atom. The molecule has 5 heteroatoms. The Kier molecular flexibility index (Phi) is 33.3. The molecular weight excluding hydrogens is 534 g/mol. The molecule has 0 rings (SSSR count). The van der Waals surface area contributed by atoms with Crippen molar-refractivity contribution in [3.63, 3.8) is 0 Å². The van der Waals surface area contributed by atoms with Crippen molar-refractivity contribution in [3.05, 3.63) is 12.2 Å². The van der Waals surface area contributed by atoms with Gasteiger partial charge in [-0.1, -0.05) is 167 Å². The number of carbonyl (C=O) groups excluding carboxylic acids is 1. The second kappa shape index (κ2) is 34.0. The zero-order valence-corrected chi connectivity index (χ0v) is 28.8. The van der Waals surface area contributed by atoms with Crippen molar-refractivity contribution in [1.82, 2.24) is 5.32 Å². The molecule has 0 aliphatic heterocycles. The van der Waals surface area contributed by atoms with Gasteiger partial charge in [0.2, 0.25) is 5.91 Å². The van der Waals surface area contributed by atoms with Crippen LogP contribution in [0.2, 0.25) is 0 Å². The Balaban J connectivity index is 3.71. The lowest BCUT2D eigenvalue weighted by Gasteiger charge is -2.26. The number of allylic oxidation sites excluding steroid dienone is 2. The predicted molar refractivity (Wildman–Crippen MR) is 185 cm³/mol. The maximum atomic E-state index is 12.3. The van der Waals surface area contributed by atoms with Crippen molar-refractivity contribution < 1.29 is 20.1 Å². The SMILES string of the molecule is CCCCCCCCCCCCC/C=C/CCCC(O)C(O)C(CO)NC(=O)CCCCCCCCCCCCCCC. The minimum Gasteiger partial charge on any atom is -0.394 e. The van der Waals surface area contributed by atoms with Gasteiger partial charge in [0, 0.05) is 6.42 Å². The molecule has 5 nitrogen and oxygen atoms in total. The van der Waals surface area contributed by atoms with Gasteiger partial charge in [0.15, 0.2) is 0 Å². The molecule has 3 atom stereocenters. The molecule has 4 N–H and O–H groups in total. The summed E-state index contributed by atoms with van der Waals surface area (Å²) in [6.45, 7) is 4.16. The number of carbonyl (C=O) groups is 1. The molecule has 0 aromatic carbocycles. The van der Waals surface area contributed by atoms with Crippen LogP contribution in [0.3, 0.4) is 0 Å². The molecule has 256 valence electrons. The van der Waals surface area contributed by atoms with Crippen molar-refractivity contribution in [1.29, 1.82) is 0 Å². The van der Waals surface area contributed by atoms with E-state index >= 15 is 0 Å². The summed E-state index contributed by atoms with van der Waals surface area (Å²) in [7, 11) is 0. The molecule has 0 aromatic heterocycles. The second-order valence-corrected chi connectivity index (χ2v) is 13.1. The smallest absolute Gasteiger partial charge is 0.220 e. The lowest BCUT2D eigenvalue weighted by atomic mass is 10.0. The summed E-state index contributed by atoms with van der Waals surface area (Å²) in [6, 6.07) is -0.818. The fraction of sp³-hybridized carbons (Fsp3) is 0.921. The fourth-order valence-corrected chi connectivity index (χ4v) is 5.87. The van der Waals surface area contributed by atoms with Gasteiger partial charge in [-0.05, 0) is 38.5 Å². The summed E-state index contributed by atoms with van der Waals surface area (Å²) in [5.74, 6) is -0.154. The van der Waals surface area contributed by atoms with E-state index in [1.807, 2.05) is 0 Å². The molecule has 3 unspecified atom stereocenters. The Morgan fingerprint density at radius 1 is 0.558 bits per heavy atom. The van der Waals surface area contributed by atoms with E-state index in [0.29, 0.717) is 12.8 Å². The highest BCUT2D eigenvalue weighted by atomic mass is 16.3. The first-order valence-electron chi connectivity index (χ1n) is 19.0. The lowest BCUT2D eigenvalue weighted by molar-refractivity contribution is -0.124.